The van der Waals surface area contributed by atoms with Crippen LogP contribution in [-0.4, -0.2) is 20.8 Å². The van der Waals surface area contributed by atoms with E-state index in [1.54, 1.807) is 35.3 Å². The summed E-state index contributed by atoms with van der Waals surface area (Å²) in [7, 11) is 0. The smallest absolute Gasteiger partial charge is 0.171 e. The van der Waals surface area contributed by atoms with E-state index in [-0.39, 0.29) is 5.84 Å². The molecule has 19 heavy (non-hydrogen) atoms. The molecule has 0 spiro atoms. The van der Waals surface area contributed by atoms with Crippen molar-refractivity contribution < 1.29 is 9.94 Å². The van der Waals surface area contributed by atoms with Gasteiger partial charge in [-0.2, -0.15) is 5.10 Å². The van der Waals surface area contributed by atoms with E-state index in [0.29, 0.717) is 22.1 Å². The number of nitrogens with zero attached hydrogens (tertiary/aromatic N) is 3. The Morgan fingerprint density at radius 2 is 2.32 bits per heavy atom. The van der Waals surface area contributed by atoms with Crippen molar-refractivity contribution in [1.29, 1.82) is 0 Å². The van der Waals surface area contributed by atoms with Crippen molar-refractivity contribution in [2.45, 2.75) is 13.5 Å². The van der Waals surface area contributed by atoms with Crippen molar-refractivity contribution in [3.8, 4) is 11.5 Å². The first-order valence-electron chi connectivity index (χ1n) is 5.61. The molecule has 2 aromatic rings. The van der Waals surface area contributed by atoms with Gasteiger partial charge in [-0.15, -0.1) is 0 Å². The molecule has 0 saturated heterocycles. The van der Waals surface area contributed by atoms with Crippen LogP contribution in [0.5, 0.6) is 11.5 Å². The minimum Gasteiger partial charge on any atom is -0.454 e. The molecule has 6 nitrogen and oxygen atoms in total. The van der Waals surface area contributed by atoms with Crippen molar-refractivity contribution in [3.63, 3.8) is 0 Å². The zero-order valence-corrected chi connectivity index (χ0v) is 11.0. The molecule has 100 valence electrons. The van der Waals surface area contributed by atoms with E-state index in [0.717, 1.165) is 6.54 Å². The molecule has 1 aromatic carbocycles. The van der Waals surface area contributed by atoms with E-state index < -0.39 is 0 Å². The van der Waals surface area contributed by atoms with Crippen molar-refractivity contribution in [2.75, 3.05) is 0 Å². The molecule has 0 radical (unpaired) electrons. The third-order valence-electron chi connectivity index (χ3n) is 2.49. The fourth-order valence-corrected chi connectivity index (χ4v) is 1.79. The predicted octanol–water partition coefficient (Wildman–Crippen LogP) is 2.44. The molecule has 3 N–H and O–H groups in total. The molecule has 0 fully saturated rings. The first-order chi connectivity index (χ1) is 9.13. The summed E-state index contributed by atoms with van der Waals surface area (Å²) in [6.07, 6.45) is 3.40. The average molecular weight is 281 g/mol. The highest BCUT2D eigenvalue weighted by Crippen LogP contribution is 2.26. The number of benzene rings is 1. The normalized spacial score (nSPS) is 11.6. The largest absolute Gasteiger partial charge is 0.454 e. The Hall–Kier alpha value is -2.21. The van der Waals surface area contributed by atoms with E-state index in [4.69, 9.17) is 27.3 Å². The number of amidine groups is 1. The standard InChI is InChI=1S/C12H13ClN4O2/c1-2-17-7-9(6-15-17)19-8-3-4-10(11(13)5-8)12(14)16-18/h3-7,18H,2H2,1H3,(H2,14,16). The lowest BCUT2D eigenvalue weighted by molar-refractivity contribution is 0.318. The Labute approximate surface area is 115 Å². The zero-order chi connectivity index (χ0) is 13.8. The van der Waals surface area contributed by atoms with Crippen LogP contribution in [-0.2, 0) is 6.54 Å². The molecular weight excluding hydrogens is 268 g/mol. The topological polar surface area (TPSA) is 85.7 Å². The summed E-state index contributed by atoms with van der Waals surface area (Å²) in [5.41, 5.74) is 5.93. The maximum atomic E-state index is 8.61. The van der Waals surface area contributed by atoms with Gasteiger partial charge in [0.15, 0.2) is 11.6 Å². The van der Waals surface area contributed by atoms with Crippen LogP contribution >= 0.6 is 11.6 Å². The van der Waals surface area contributed by atoms with E-state index in [9.17, 15) is 0 Å². The summed E-state index contributed by atoms with van der Waals surface area (Å²) >= 11 is 6.03. The maximum Gasteiger partial charge on any atom is 0.171 e. The second kappa shape index (κ2) is 5.62. The van der Waals surface area contributed by atoms with Gasteiger partial charge >= 0.3 is 0 Å². The molecule has 7 heteroatoms. The van der Waals surface area contributed by atoms with Gasteiger partial charge < -0.3 is 15.7 Å². The van der Waals surface area contributed by atoms with Gasteiger partial charge in [-0.25, -0.2) is 0 Å². The number of aromatic nitrogens is 2. The summed E-state index contributed by atoms with van der Waals surface area (Å²) in [5.74, 6) is 1.12. The van der Waals surface area contributed by atoms with E-state index in [1.165, 1.54) is 0 Å². The van der Waals surface area contributed by atoms with Crippen LogP contribution in [0.25, 0.3) is 0 Å². The number of nitrogens with two attached hydrogens (primary N) is 1. The minimum atomic E-state index is -0.0460. The molecule has 0 saturated carbocycles. The van der Waals surface area contributed by atoms with Crippen molar-refractivity contribution in [2.24, 2.45) is 10.9 Å². The van der Waals surface area contributed by atoms with Gasteiger partial charge in [0, 0.05) is 18.2 Å². The van der Waals surface area contributed by atoms with Gasteiger partial charge in [-0.1, -0.05) is 16.8 Å². The first-order valence-corrected chi connectivity index (χ1v) is 5.99. The average Bonchev–Trinajstić information content (AvgIpc) is 2.86. The lowest BCUT2D eigenvalue weighted by Gasteiger charge is -2.06. The van der Waals surface area contributed by atoms with Crippen molar-refractivity contribution in [1.82, 2.24) is 9.78 Å². The quantitative estimate of drug-likeness (QED) is 0.390. The highest BCUT2D eigenvalue weighted by atomic mass is 35.5. The molecule has 1 heterocycles. The minimum absolute atomic E-state index is 0.0460. The van der Waals surface area contributed by atoms with Gasteiger partial charge in [0.1, 0.15) is 5.75 Å². The van der Waals surface area contributed by atoms with Crippen molar-refractivity contribution in [3.05, 3.63) is 41.2 Å². The Balaban J connectivity index is 2.20. The van der Waals surface area contributed by atoms with Crippen LogP contribution in [0.4, 0.5) is 0 Å². The summed E-state index contributed by atoms with van der Waals surface area (Å²) in [5, 5.41) is 16.0. The summed E-state index contributed by atoms with van der Waals surface area (Å²) < 4.78 is 7.35. The summed E-state index contributed by atoms with van der Waals surface area (Å²) in [4.78, 5) is 0. The molecule has 0 bridgehead atoms. The highest BCUT2D eigenvalue weighted by Gasteiger charge is 2.08. The number of aryl methyl sites for hydroxylation is 1. The third-order valence-corrected chi connectivity index (χ3v) is 2.81. The van der Waals surface area contributed by atoms with Gasteiger partial charge in [0.25, 0.3) is 0 Å². The molecule has 2 rings (SSSR count). The van der Waals surface area contributed by atoms with Crippen LogP contribution in [0.3, 0.4) is 0 Å². The molecule has 0 aliphatic carbocycles. The Kier molecular flexibility index (Phi) is 3.91. The number of hydrogen-bond acceptors (Lipinski definition) is 4. The number of oxime groups is 1. The SMILES string of the molecule is CCn1cc(Oc2ccc(/C(N)=N/O)c(Cl)c2)cn1. The van der Waals surface area contributed by atoms with Gasteiger partial charge in [0.2, 0.25) is 0 Å². The summed E-state index contributed by atoms with van der Waals surface area (Å²) in [6, 6.07) is 4.90. The molecule has 0 unspecified atom stereocenters. The lowest BCUT2D eigenvalue weighted by atomic mass is 10.2. The van der Waals surface area contributed by atoms with Crippen LogP contribution in [0.1, 0.15) is 12.5 Å². The second-order valence-corrected chi connectivity index (χ2v) is 4.17. The van der Waals surface area contributed by atoms with Gasteiger partial charge in [0.05, 0.1) is 17.4 Å². The predicted molar refractivity (Wildman–Crippen MR) is 71.9 cm³/mol. The Bertz CT molecular complexity index is 610. The number of hydrogen-bond donors (Lipinski definition) is 2. The van der Waals surface area contributed by atoms with E-state index >= 15 is 0 Å². The van der Waals surface area contributed by atoms with Crippen LogP contribution in [0.2, 0.25) is 5.02 Å². The fourth-order valence-electron chi connectivity index (χ4n) is 1.53. The fraction of sp³-hybridized carbons (Fsp3) is 0.167. The molecule has 0 aliphatic heterocycles. The molecular formula is C12H13ClN4O2. The zero-order valence-electron chi connectivity index (χ0n) is 10.2. The van der Waals surface area contributed by atoms with Gasteiger partial charge in [-0.05, 0) is 19.1 Å². The van der Waals surface area contributed by atoms with Crippen molar-refractivity contribution >= 4 is 17.4 Å². The Morgan fingerprint density at radius 1 is 1.53 bits per heavy atom. The molecule has 0 atom stereocenters. The molecule has 0 aliphatic rings. The lowest BCUT2D eigenvalue weighted by Crippen LogP contribution is -2.13. The Morgan fingerprint density at radius 3 is 2.89 bits per heavy atom. The third kappa shape index (κ3) is 2.97. The number of halogens is 1. The molecule has 0 amide bonds. The van der Waals surface area contributed by atoms with Crippen LogP contribution in [0, 0.1) is 0 Å². The summed E-state index contributed by atoms with van der Waals surface area (Å²) in [6.45, 7) is 2.76. The number of rotatable bonds is 4. The maximum absolute atomic E-state index is 8.61. The first kappa shape index (κ1) is 13.2. The van der Waals surface area contributed by atoms with Crippen LogP contribution in [0.15, 0.2) is 35.7 Å². The highest BCUT2D eigenvalue weighted by molar-refractivity contribution is 6.34. The van der Waals surface area contributed by atoms with E-state index in [2.05, 4.69) is 10.3 Å². The second-order valence-electron chi connectivity index (χ2n) is 3.76. The van der Waals surface area contributed by atoms with Gasteiger partial charge in [-0.3, -0.25) is 4.68 Å². The monoisotopic (exact) mass is 280 g/mol. The van der Waals surface area contributed by atoms with E-state index in [1.807, 2.05) is 6.92 Å². The molecule has 1 aromatic heterocycles. The van der Waals surface area contributed by atoms with Crippen LogP contribution < -0.4 is 10.5 Å². The number of ether oxygens (including phenoxy) is 1.